The van der Waals surface area contributed by atoms with Crippen molar-refractivity contribution < 1.29 is 35.9 Å². The Morgan fingerprint density at radius 3 is 2.56 bits per heavy atom. The zero-order chi connectivity index (χ0) is 27.8. The van der Waals surface area contributed by atoms with Crippen LogP contribution in [0.25, 0.3) is 0 Å². The van der Waals surface area contributed by atoms with Gasteiger partial charge < -0.3 is 30.0 Å². The molecular formula is C24H26F5N7O3. The van der Waals surface area contributed by atoms with Crippen molar-refractivity contribution >= 4 is 23.4 Å². The van der Waals surface area contributed by atoms with Crippen LogP contribution in [0, 0.1) is 5.41 Å². The molecule has 2 aliphatic heterocycles. The molecule has 3 aliphatic rings. The third-order valence-electron chi connectivity index (χ3n) is 6.92. The standard InChI is InChI=1S/C24H26F5N7O3/c1-14-16(3-5-18(31-14)38-13-24(27,28)29)33-21-35-34-20(39-21)19(37)32-15-2-4-17(30-10-15)36-8-6-22(7-9-36)11-23(25,26)12-22/h2-5,10,14,31H,6-9,11-13H2,1H3,(H,32,37)(H,33,35). The molecule has 1 saturated carbocycles. The van der Waals surface area contributed by atoms with Crippen LogP contribution < -0.4 is 20.9 Å². The van der Waals surface area contributed by atoms with Crippen molar-refractivity contribution in [2.75, 3.05) is 35.2 Å². The molecule has 1 aliphatic carbocycles. The number of alkyl halides is 5. The highest BCUT2D eigenvalue weighted by atomic mass is 19.4. The number of nitrogens with zero attached hydrogens (tertiary/aromatic N) is 4. The number of anilines is 3. The number of hydrogen-bond acceptors (Lipinski definition) is 9. The van der Waals surface area contributed by atoms with Gasteiger partial charge in [-0.05, 0) is 49.5 Å². The number of pyridine rings is 1. The third-order valence-corrected chi connectivity index (χ3v) is 6.92. The van der Waals surface area contributed by atoms with E-state index in [0.29, 0.717) is 43.1 Å². The molecule has 39 heavy (non-hydrogen) atoms. The smallest absolute Gasteiger partial charge is 0.422 e. The first-order chi connectivity index (χ1) is 18.4. The number of piperidine rings is 1. The number of allylic oxidation sites excluding steroid dienone is 2. The molecule has 210 valence electrons. The SMILES string of the molecule is CC1NC(OCC(F)(F)F)=CC=C1Nc1nnc(C(=O)Nc2ccc(N3CCC4(CC3)CC(F)(F)C4)nc2)o1. The number of rotatable bonds is 7. The molecule has 4 heterocycles. The van der Waals surface area contributed by atoms with Crippen molar-refractivity contribution in [3.8, 4) is 0 Å². The summed E-state index contributed by atoms with van der Waals surface area (Å²) in [6.45, 7) is 1.55. The average Bonchev–Trinajstić information content (AvgIpc) is 3.32. The number of amides is 1. The van der Waals surface area contributed by atoms with Crippen LogP contribution in [-0.2, 0) is 4.74 Å². The van der Waals surface area contributed by atoms with Gasteiger partial charge in [0, 0.05) is 31.6 Å². The molecule has 2 aromatic rings. The monoisotopic (exact) mass is 555 g/mol. The lowest BCUT2D eigenvalue weighted by atomic mass is 9.61. The molecule has 1 spiro atoms. The summed E-state index contributed by atoms with van der Waals surface area (Å²) >= 11 is 0. The normalized spacial score (nSPS) is 21.8. The number of halogens is 5. The molecule has 3 N–H and O–H groups in total. The van der Waals surface area contributed by atoms with Crippen LogP contribution in [0.5, 0.6) is 0 Å². The van der Waals surface area contributed by atoms with Crippen LogP contribution >= 0.6 is 0 Å². The summed E-state index contributed by atoms with van der Waals surface area (Å²) in [5, 5.41) is 15.7. The van der Waals surface area contributed by atoms with Crippen LogP contribution in [0.4, 0.5) is 39.5 Å². The Hall–Kier alpha value is -3.91. The largest absolute Gasteiger partial charge is 0.470 e. The molecule has 0 bridgehead atoms. The second-order valence-electron chi connectivity index (χ2n) is 10.0. The number of nitrogens with one attached hydrogen (secondary N) is 3. The first kappa shape index (κ1) is 26.7. The Morgan fingerprint density at radius 2 is 1.95 bits per heavy atom. The maximum absolute atomic E-state index is 13.3. The van der Waals surface area contributed by atoms with E-state index < -0.39 is 30.7 Å². The molecule has 0 aromatic carbocycles. The number of carbonyl (C=O) groups is 1. The van der Waals surface area contributed by atoms with Crippen LogP contribution in [0.2, 0.25) is 0 Å². The Morgan fingerprint density at radius 1 is 1.21 bits per heavy atom. The van der Waals surface area contributed by atoms with E-state index in [1.807, 2.05) is 4.90 Å². The Kier molecular flexibility index (Phi) is 6.84. The number of aromatic nitrogens is 3. The van der Waals surface area contributed by atoms with Gasteiger partial charge >= 0.3 is 24.0 Å². The van der Waals surface area contributed by atoms with Gasteiger partial charge in [0.25, 0.3) is 0 Å². The minimum Gasteiger partial charge on any atom is -0.470 e. The van der Waals surface area contributed by atoms with E-state index in [-0.39, 0.29) is 36.0 Å². The summed E-state index contributed by atoms with van der Waals surface area (Å²) < 4.78 is 73.7. The van der Waals surface area contributed by atoms with E-state index in [9.17, 15) is 26.7 Å². The maximum atomic E-state index is 13.3. The number of dihydropyridines is 1. The van der Waals surface area contributed by atoms with E-state index in [4.69, 9.17) is 4.42 Å². The molecule has 2 aromatic heterocycles. The van der Waals surface area contributed by atoms with Gasteiger partial charge in [0.1, 0.15) is 5.82 Å². The zero-order valence-electron chi connectivity index (χ0n) is 20.8. The van der Waals surface area contributed by atoms with E-state index in [0.717, 1.165) is 0 Å². The van der Waals surface area contributed by atoms with Crippen molar-refractivity contribution in [2.45, 2.75) is 50.7 Å². The highest BCUT2D eigenvalue weighted by molar-refractivity contribution is 6.00. The zero-order valence-corrected chi connectivity index (χ0v) is 20.8. The van der Waals surface area contributed by atoms with Gasteiger partial charge in [-0.2, -0.15) is 13.2 Å². The fraction of sp³-hybridized carbons (Fsp3) is 0.500. The molecule has 2 fully saturated rings. The third kappa shape index (κ3) is 6.40. The molecule has 5 rings (SSSR count). The van der Waals surface area contributed by atoms with Gasteiger partial charge in [-0.1, -0.05) is 5.10 Å². The summed E-state index contributed by atoms with van der Waals surface area (Å²) in [6.07, 6.45) is 1.17. The van der Waals surface area contributed by atoms with Crippen LogP contribution in [0.15, 0.2) is 46.5 Å². The first-order valence-electron chi connectivity index (χ1n) is 12.3. The maximum Gasteiger partial charge on any atom is 0.422 e. The number of carbonyl (C=O) groups excluding carboxylic acids is 1. The second kappa shape index (κ2) is 10.0. The topological polar surface area (TPSA) is 117 Å². The number of ether oxygens (including phenoxy) is 1. The lowest BCUT2D eigenvalue weighted by Crippen LogP contribution is -2.52. The highest BCUT2D eigenvalue weighted by Gasteiger charge is 2.56. The van der Waals surface area contributed by atoms with Gasteiger partial charge in [-0.25, -0.2) is 13.8 Å². The fourth-order valence-electron chi connectivity index (χ4n) is 4.98. The van der Waals surface area contributed by atoms with Crippen molar-refractivity contribution in [1.82, 2.24) is 20.5 Å². The summed E-state index contributed by atoms with van der Waals surface area (Å²) in [6, 6.07) is 2.86. The van der Waals surface area contributed by atoms with Gasteiger partial charge in [0.15, 0.2) is 12.5 Å². The minimum absolute atomic E-state index is 0.0367. The van der Waals surface area contributed by atoms with Crippen molar-refractivity contribution in [3.63, 3.8) is 0 Å². The molecule has 1 saturated heterocycles. The van der Waals surface area contributed by atoms with E-state index >= 15 is 0 Å². The molecule has 0 radical (unpaired) electrons. The Balaban J connectivity index is 1.12. The fourth-order valence-corrected chi connectivity index (χ4v) is 4.98. The van der Waals surface area contributed by atoms with Crippen LogP contribution in [0.3, 0.4) is 0 Å². The summed E-state index contributed by atoms with van der Waals surface area (Å²) in [5.41, 5.74) is 0.644. The quantitative estimate of drug-likeness (QED) is 0.426. The first-order valence-corrected chi connectivity index (χ1v) is 12.3. The lowest BCUT2D eigenvalue weighted by Gasteiger charge is -2.52. The summed E-state index contributed by atoms with van der Waals surface area (Å²) in [4.78, 5) is 19.0. The van der Waals surface area contributed by atoms with Gasteiger partial charge in [-0.3, -0.25) is 4.79 Å². The lowest BCUT2D eigenvalue weighted by molar-refractivity contribution is -0.168. The molecular weight excluding hydrogens is 529 g/mol. The molecule has 1 amide bonds. The minimum atomic E-state index is -4.45. The Bertz CT molecular complexity index is 1260. The van der Waals surface area contributed by atoms with E-state index in [1.54, 1.807) is 19.1 Å². The van der Waals surface area contributed by atoms with Crippen LogP contribution in [0.1, 0.15) is 43.3 Å². The van der Waals surface area contributed by atoms with Gasteiger partial charge in [0.05, 0.1) is 17.9 Å². The van der Waals surface area contributed by atoms with E-state index in [2.05, 4.69) is 35.9 Å². The van der Waals surface area contributed by atoms with E-state index in [1.165, 1.54) is 18.3 Å². The highest BCUT2D eigenvalue weighted by Crippen LogP contribution is 2.57. The second-order valence-corrected chi connectivity index (χ2v) is 10.0. The van der Waals surface area contributed by atoms with Crippen molar-refractivity contribution in [3.05, 3.63) is 48.0 Å². The molecule has 1 unspecified atom stereocenters. The predicted molar refractivity (Wildman–Crippen MR) is 129 cm³/mol. The van der Waals surface area contributed by atoms with Gasteiger partial charge in [0.2, 0.25) is 5.92 Å². The van der Waals surface area contributed by atoms with Crippen molar-refractivity contribution in [2.24, 2.45) is 5.41 Å². The molecule has 15 heteroatoms. The average molecular weight is 556 g/mol. The summed E-state index contributed by atoms with van der Waals surface area (Å²) in [7, 11) is 0. The molecule has 10 nitrogen and oxygen atoms in total. The molecule has 1 atom stereocenters. The Labute approximate surface area is 219 Å². The van der Waals surface area contributed by atoms with Crippen molar-refractivity contribution in [1.29, 1.82) is 0 Å². The van der Waals surface area contributed by atoms with Crippen LogP contribution in [-0.4, -0.2) is 58.9 Å². The van der Waals surface area contributed by atoms with Gasteiger partial charge in [-0.15, -0.1) is 5.10 Å². The summed E-state index contributed by atoms with van der Waals surface area (Å²) in [5.74, 6) is -2.85. The predicted octanol–water partition coefficient (Wildman–Crippen LogP) is 4.44. The number of hydrogen-bond donors (Lipinski definition) is 3.